The van der Waals surface area contributed by atoms with Gasteiger partial charge in [0.1, 0.15) is 6.61 Å². The van der Waals surface area contributed by atoms with Crippen molar-refractivity contribution in [3.8, 4) is 0 Å². The minimum absolute atomic E-state index is 0.278. The predicted molar refractivity (Wildman–Crippen MR) is 73.4 cm³/mol. The van der Waals surface area contributed by atoms with Crippen LogP contribution in [0, 0.1) is 5.92 Å². The van der Waals surface area contributed by atoms with E-state index in [1.54, 1.807) is 6.92 Å². The van der Waals surface area contributed by atoms with Crippen molar-refractivity contribution in [2.75, 3.05) is 0 Å². The molecule has 1 atom stereocenters. The van der Waals surface area contributed by atoms with E-state index in [0.29, 0.717) is 12.8 Å². The van der Waals surface area contributed by atoms with Crippen LogP contribution < -0.4 is 0 Å². The Bertz CT molecular complexity index is 407. The largest absolute Gasteiger partial charge is 0.461 e. The molecule has 1 saturated carbocycles. The number of carbonyl (C=O) groups is 1. The van der Waals surface area contributed by atoms with E-state index in [1.165, 1.54) is 0 Å². The third kappa shape index (κ3) is 3.57. The van der Waals surface area contributed by atoms with Crippen LogP contribution in [-0.2, 0) is 16.1 Å². The molecule has 2 rings (SSSR count). The lowest BCUT2D eigenvalue weighted by Gasteiger charge is -2.36. The summed E-state index contributed by atoms with van der Waals surface area (Å²) in [4.78, 5) is 12.0. The van der Waals surface area contributed by atoms with Crippen LogP contribution in [0.4, 0.5) is 0 Å². The molecule has 1 aliphatic carbocycles. The summed E-state index contributed by atoms with van der Waals surface area (Å²) in [5.74, 6) is -0.746. The number of aliphatic hydroxyl groups is 1. The van der Waals surface area contributed by atoms with Crippen LogP contribution in [0.15, 0.2) is 30.3 Å². The van der Waals surface area contributed by atoms with Crippen molar-refractivity contribution in [1.29, 1.82) is 0 Å². The zero-order valence-electron chi connectivity index (χ0n) is 11.5. The third-order valence-electron chi connectivity index (χ3n) is 4.10. The summed E-state index contributed by atoms with van der Waals surface area (Å²) in [5.41, 5.74) is 0.102. The molecule has 104 valence electrons. The van der Waals surface area contributed by atoms with E-state index in [1.807, 2.05) is 30.3 Å². The Labute approximate surface area is 114 Å². The number of esters is 1. The molecule has 3 heteroatoms. The van der Waals surface area contributed by atoms with E-state index in [4.69, 9.17) is 4.74 Å². The first kappa shape index (κ1) is 14.1. The Morgan fingerprint density at radius 1 is 1.26 bits per heavy atom. The van der Waals surface area contributed by atoms with E-state index in [9.17, 15) is 9.90 Å². The number of ether oxygens (including phenoxy) is 1. The fraction of sp³-hybridized carbons (Fsp3) is 0.562. The maximum Gasteiger partial charge on any atom is 0.311 e. The summed E-state index contributed by atoms with van der Waals surface area (Å²) in [6, 6.07) is 9.61. The molecule has 0 radical (unpaired) electrons. The van der Waals surface area contributed by atoms with Gasteiger partial charge in [0.25, 0.3) is 0 Å². The van der Waals surface area contributed by atoms with Gasteiger partial charge in [0.15, 0.2) is 0 Å². The molecule has 3 nitrogen and oxygen atoms in total. The van der Waals surface area contributed by atoms with Gasteiger partial charge in [0.05, 0.1) is 11.5 Å². The first-order chi connectivity index (χ1) is 9.12. The van der Waals surface area contributed by atoms with Gasteiger partial charge in [-0.15, -0.1) is 0 Å². The molecular formula is C16H22O3. The molecule has 0 aliphatic heterocycles. The molecule has 1 fully saturated rings. The van der Waals surface area contributed by atoms with Crippen molar-refractivity contribution >= 4 is 5.97 Å². The van der Waals surface area contributed by atoms with Crippen molar-refractivity contribution in [2.24, 2.45) is 5.92 Å². The molecule has 0 amide bonds. The second kappa shape index (κ2) is 6.20. The van der Waals surface area contributed by atoms with Crippen LogP contribution in [-0.4, -0.2) is 16.7 Å². The Kier molecular flexibility index (Phi) is 4.59. The van der Waals surface area contributed by atoms with Gasteiger partial charge < -0.3 is 9.84 Å². The summed E-state index contributed by atoms with van der Waals surface area (Å²) >= 11 is 0. The van der Waals surface area contributed by atoms with Crippen molar-refractivity contribution in [3.05, 3.63) is 35.9 Å². The van der Waals surface area contributed by atoms with E-state index in [-0.39, 0.29) is 12.6 Å². The Balaban J connectivity index is 1.88. The van der Waals surface area contributed by atoms with Gasteiger partial charge in [-0.2, -0.15) is 0 Å². The highest BCUT2D eigenvalue weighted by Gasteiger charge is 2.39. The zero-order chi connectivity index (χ0) is 13.7. The van der Waals surface area contributed by atoms with Crippen LogP contribution in [0.1, 0.15) is 44.6 Å². The average Bonchev–Trinajstić information content (AvgIpc) is 2.46. The summed E-state index contributed by atoms with van der Waals surface area (Å²) < 4.78 is 5.31. The van der Waals surface area contributed by atoms with Crippen LogP contribution in [0.25, 0.3) is 0 Å². The summed E-state index contributed by atoms with van der Waals surface area (Å²) in [6.07, 6.45) is 4.54. The smallest absolute Gasteiger partial charge is 0.311 e. The van der Waals surface area contributed by atoms with Gasteiger partial charge in [0.2, 0.25) is 0 Å². The Morgan fingerprint density at radius 2 is 1.89 bits per heavy atom. The van der Waals surface area contributed by atoms with E-state index < -0.39 is 11.5 Å². The highest BCUT2D eigenvalue weighted by atomic mass is 16.5. The van der Waals surface area contributed by atoms with Gasteiger partial charge in [-0.05, 0) is 25.3 Å². The number of carbonyl (C=O) groups excluding carboxylic acids is 1. The lowest BCUT2D eigenvalue weighted by atomic mass is 9.76. The second-order valence-electron chi connectivity index (χ2n) is 5.48. The molecule has 1 N–H and O–H groups in total. The fourth-order valence-electron chi connectivity index (χ4n) is 2.67. The van der Waals surface area contributed by atoms with Crippen LogP contribution in [0.5, 0.6) is 0 Å². The molecule has 0 spiro atoms. The highest BCUT2D eigenvalue weighted by Crippen LogP contribution is 2.34. The molecule has 1 aliphatic rings. The SMILES string of the molecule is CC(C(=O)OCc1ccccc1)C1(O)CCCCC1. The predicted octanol–water partition coefficient (Wildman–Crippen LogP) is 3.06. The quantitative estimate of drug-likeness (QED) is 0.848. The summed E-state index contributed by atoms with van der Waals surface area (Å²) in [6.45, 7) is 2.05. The molecule has 0 heterocycles. The number of hydrogen-bond acceptors (Lipinski definition) is 3. The lowest BCUT2D eigenvalue weighted by Crippen LogP contribution is -2.43. The number of benzene rings is 1. The lowest BCUT2D eigenvalue weighted by molar-refractivity contribution is -0.161. The first-order valence-corrected chi connectivity index (χ1v) is 7.05. The maximum absolute atomic E-state index is 12.0. The standard InChI is InChI=1S/C16H22O3/c1-13(16(18)10-6-3-7-11-16)15(17)19-12-14-8-4-2-5-9-14/h2,4-5,8-9,13,18H,3,6-7,10-12H2,1H3. The second-order valence-corrected chi connectivity index (χ2v) is 5.48. The van der Waals surface area contributed by atoms with Crippen molar-refractivity contribution in [2.45, 2.75) is 51.2 Å². The van der Waals surface area contributed by atoms with Gasteiger partial charge in [0, 0.05) is 0 Å². The van der Waals surface area contributed by atoms with E-state index >= 15 is 0 Å². The third-order valence-corrected chi connectivity index (χ3v) is 4.10. The van der Waals surface area contributed by atoms with Gasteiger partial charge >= 0.3 is 5.97 Å². The molecular weight excluding hydrogens is 240 g/mol. The van der Waals surface area contributed by atoms with Crippen LogP contribution in [0.2, 0.25) is 0 Å². The van der Waals surface area contributed by atoms with Crippen molar-refractivity contribution in [1.82, 2.24) is 0 Å². The summed E-state index contributed by atoms with van der Waals surface area (Å²) in [5, 5.41) is 10.5. The van der Waals surface area contributed by atoms with Crippen molar-refractivity contribution in [3.63, 3.8) is 0 Å². The molecule has 1 unspecified atom stereocenters. The normalized spacial score (nSPS) is 19.7. The topological polar surface area (TPSA) is 46.5 Å². The molecule has 0 saturated heterocycles. The molecule has 1 aromatic carbocycles. The van der Waals surface area contributed by atoms with Crippen LogP contribution in [0.3, 0.4) is 0 Å². The van der Waals surface area contributed by atoms with E-state index in [0.717, 1.165) is 24.8 Å². The molecule has 19 heavy (non-hydrogen) atoms. The Morgan fingerprint density at radius 3 is 2.53 bits per heavy atom. The first-order valence-electron chi connectivity index (χ1n) is 7.05. The van der Waals surface area contributed by atoms with Gasteiger partial charge in [-0.25, -0.2) is 0 Å². The Hall–Kier alpha value is -1.35. The molecule has 0 aromatic heterocycles. The van der Waals surface area contributed by atoms with Gasteiger partial charge in [-0.1, -0.05) is 49.6 Å². The minimum atomic E-state index is -0.869. The fourth-order valence-corrected chi connectivity index (χ4v) is 2.67. The monoisotopic (exact) mass is 262 g/mol. The average molecular weight is 262 g/mol. The zero-order valence-corrected chi connectivity index (χ0v) is 11.5. The van der Waals surface area contributed by atoms with Crippen LogP contribution >= 0.6 is 0 Å². The summed E-state index contributed by atoms with van der Waals surface area (Å²) in [7, 11) is 0. The molecule has 1 aromatic rings. The maximum atomic E-state index is 12.0. The van der Waals surface area contributed by atoms with E-state index in [2.05, 4.69) is 0 Å². The highest BCUT2D eigenvalue weighted by molar-refractivity contribution is 5.73. The number of rotatable bonds is 4. The van der Waals surface area contributed by atoms with Crippen molar-refractivity contribution < 1.29 is 14.6 Å². The van der Waals surface area contributed by atoms with Gasteiger partial charge in [-0.3, -0.25) is 4.79 Å². The molecule has 0 bridgehead atoms. The number of hydrogen-bond donors (Lipinski definition) is 1. The minimum Gasteiger partial charge on any atom is -0.461 e.